The largest absolute Gasteiger partial charge is 0.497 e. The van der Waals surface area contributed by atoms with Gasteiger partial charge in [-0.15, -0.1) is 0 Å². The molecule has 1 heterocycles. The zero-order valence-corrected chi connectivity index (χ0v) is 16.9. The summed E-state index contributed by atoms with van der Waals surface area (Å²) in [7, 11) is 3.37. The van der Waals surface area contributed by atoms with Crippen LogP contribution < -0.4 is 10.5 Å². The van der Waals surface area contributed by atoms with Crippen molar-refractivity contribution in [3.8, 4) is 28.1 Å². The molecule has 1 aromatic heterocycles. The smallest absolute Gasteiger partial charge is 0.248 e. The van der Waals surface area contributed by atoms with Crippen LogP contribution >= 0.6 is 0 Å². The number of benzene rings is 2. The number of unbranched alkanes of at least 4 members (excludes halogenated alkanes) is 1. The molecule has 0 unspecified atom stereocenters. The first-order valence-electron chi connectivity index (χ1n) is 9.65. The van der Waals surface area contributed by atoms with E-state index in [1.54, 1.807) is 26.4 Å². The second-order valence-electron chi connectivity index (χ2n) is 6.86. The van der Waals surface area contributed by atoms with Gasteiger partial charge < -0.3 is 15.2 Å². The maximum atomic E-state index is 11.4. The Hall–Kier alpha value is -3.18. The van der Waals surface area contributed by atoms with E-state index in [2.05, 4.69) is 6.07 Å². The van der Waals surface area contributed by atoms with Crippen molar-refractivity contribution in [3.05, 3.63) is 71.9 Å². The van der Waals surface area contributed by atoms with Crippen molar-refractivity contribution in [2.45, 2.75) is 19.3 Å². The first-order valence-corrected chi connectivity index (χ1v) is 9.65. The van der Waals surface area contributed by atoms with Crippen molar-refractivity contribution in [3.63, 3.8) is 0 Å². The van der Waals surface area contributed by atoms with Crippen molar-refractivity contribution in [1.29, 1.82) is 0 Å². The second-order valence-corrected chi connectivity index (χ2v) is 6.86. The molecule has 3 rings (SSSR count). The summed E-state index contributed by atoms with van der Waals surface area (Å²) in [6, 6.07) is 17.4. The van der Waals surface area contributed by atoms with Crippen molar-refractivity contribution >= 4 is 5.91 Å². The molecule has 0 spiro atoms. The molecule has 2 N–H and O–H groups in total. The Labute approximate surface area is 171 Å². The van der Waals surface area contributed by atoms with Gasteiger partial charge in [-0.1, -0.05) is 12.1 Å². The molecule has 0 saturated heterocycles. The number of rotatable bonds is 9. The van der Waals surface area contributed by atoms with Gasteiger partial charge in [-0.3, -0.25) is 9.78 Å². The van der Waals surface area contributed by atoms with Gasteiger partial charge in [0.1, 0.15) is 5.75 Å². The number of methoxy groups -OCH3 is 2. The standard InChI is InChI=1S/C24H26N2O3/c1-28-14-4-3-5-17-15-22(18-6-8-20(9-7-18)24(25)27)23(26-16-17)19-10-12-21(29-2)13-11-19/h6-13,15-16H,3-5,14H2,1-2H3,(H2,25,27). The number of carbonyl (C=O) groups excluding carboxylic acids is 1. The first-order chi connectivity index (χ1) is 14.1. The number of hydrogen-bond acceptors (Lipinski definition) is 4. The highest BCUT2D eigenvalue weighted by Gasteiger charge is 2.12. The Kier molecular flexibility index (Phi) is 6.98. The van der Waals surface area contributed by atoms with E-state index in [0.717, 1.165) is 54.0 Å². The Morgan fingerprint density at radius 2 is 1.66 bits per heavy atom. The Bertz CT molecular complexity index is 951. The molecule has 5 heteroatoms. The lowest BCUT2D eigenvalue weighted by atomic mass is 9.96. The summed E-state index contributed by atoms with van der Waals surface area (Å²) in [5, 5.41) is 0. The Balaban J connectivity index is 1.98. The van der Waals surface area contributed by atoms with Gasteiger partial charge in [-0.25, -0.2) is 0 Å². The zero-order valence-electron chi connectivity index (χ0n) is 16.9. The summed E-state index contributed by atoms with van der Waals surface area (Å²) in [5.74, 6) is 0.368. The summed E-state index contributed by atoms with van der Waals surface area (Å²) in [6.45, 7) is 0.763. The minimum Gasteiger partial charge on any atom is -0.497 e. The van der Waals surface area contributed by atoms with Crippen LogP contribution in [-0.4, -0.2) is 31.7 Å². The summed E-state index contributed by atoms with van der Waals surface area (Å²) in [5.41, 5.74) is 11.0. The molecule has 1 amide bonds. The molecular formula is C24H26N2O3. The fraction of sp³-hybridized carbons (Fsp3) is 0.250. The SMILES string of the molecule is COCCCCc1cnc(-c2ccc(OC)cc2)c(-c2ccc(C(N)=O)cc2)c1. The maximum Gasteiger partial charge on any atom is 0.248 e. The number of nitrogens with zero attached hydrogens (tertiary/aromatic N) is 1. The van der Waals surface area contributed by atoms with Crippen LogP contribution in [0.15, 0.2) is 60.8 Å². The van der Waals surface area contributed by atoms with Gasteiger partial charge in [-0.05, 0) is 72.9 Å². The Morgan fingerprint density at radius 3 is 2.28 bits per heavy atom. The minimum atomic E-state index is -0.433. The van der Waals surface area contributed by atoms with E-state index < -0.39 is 5.91 Å². The van der Waals surface area contributed by atoms with Crippen molar-refractivity contribution in [1.82, 2.24) is 4.98 Å². The van der Waals surface area contributed by atoms with Crippen LogP contribution in [0.2, 0.25) is 0 Å². The third-order valence-corrected chi connectivity index (χ3v) is 4.85. The van der Waals surface area contributed by atoms with Crippen molar-refractivity contribution in [2.75, 3.05) is 20.8 Å². The topological polar surface area (TPSA) is 74.4 Å². The van der Waals surface area contributed by atoms with E-state index in [1.807, 2.05) is 42.6 Å². The van der Waals surface area contributed by atoms with Crippen molar-refractivity contribution < 1.29 is 14.3 Å². The monoisotopic (exact) mass is 390 g/mol. The second kappa shape index (κ2) is 9.85. The molecule has 0 radical (unpaired) electrons. The quantitative estimate of drug-likeness (QED) is 0.546. The third-order valence-electron chi connectivity index (χ3n) is 4.85. The lowest BCUT2D eigenvalue weighted by molar-refractivity contribution is 0.100. The van der Waals surface area contributed by atoms with E-state index in [4.69, 9.17) is 20.2 Å². The normalized spacial score (nSPS) is 10.7. The molecule has 2 aromatic carbocycles. The molecule has 0 bridgehead atoms. The number of pyridine rings is 1. The molecule has 29 heavy (non-hydrogen) atoms. The lowest BCUT2D eigenvalue weighted by Crippen LogP contribution is -2.10. The number of amides is 1. The molecule has 0 saturated carbocycles. The highest BCUT2D eigenvalue weighted by molar-refractivity contribution is 5.93. The molecule has 0 fully saturated rings. The van der Waals surface area contributed by atoms with Gasteiger partial charge in [0.15, 0.2) is 0 Å². The average molecular weight is 390 g/mol. The molecule has 5 nitrogen and oxygen atoms in total. The number of carbonyl (C=O) groups is 1. The fourth-order valence-corrected chi connectivity index (χ4v) is 3.23. The van der Waals surface area contributed by atoms with Gasteiger partial charge in [0.25, 0.3) is 0 Å². The number of ether oxygens (including phenoxy) is 2. The minimum absolute atomic E-state index is 0.433. The lowest BCUT2D eigenvalue weighted by Gasteiger charge is -2.13. The molecular weight excluding hydrogens is 364 g/mol. The molecule has 3 aromatic rings. The van der Waals surface area contributed by atoms with Gasteiger partial charge >= 0.3 is 0 Å². The average Bonchev–Trinajstić information content (AvgIpc) is 2.77. The molecule has 0 aliphatic rings. The number of aryl methyl sites for hydroxylation is 1. The van der Waals surface area contributed by atoms with Crippen LogP contribution in [0.25, 0.3) is 22.4 Å². The summed E-state index contributed by atoms with van der Waals surface area (Å²) < 4.78 is 10.4. The highest BCUT2D eigenvalue weighted by Crippen LogP contribution is 2.32. The van der Waals surface area contributed by atoms with Gasteiger partial charge in [-0.2, -0.15) is 0 Å². The predicted molar refractivity (Wildman–Crippen MR) is 115 cm³/mol. The number of nitrogens with two attached hydrogens (primary N) is 1. The number of hydrogen-bond donors (Lipinski definition) is 1. The predicted octanol–water partition coefficient (Wildman–Crippen LogP) is 4.49. The van der Waals surface area contributed by atoms with Gasteiger partial charge in [0.05, 0.1) is 12.8 Å². The van der Waals surface area contributed by atoms with Gasteiger partial charge in [0.2, 0.25) is 5.91 Å². The van der Waals surface area contributed by atoms with Gasteiger partial charge in [0, 0.05) is 36.6 Å². The van der Waals surface area contributed by atoms with E-state index in [1.165, 1.54) is 5.56 Å². The van der Waals surface area contributed by atoms with Crippen LogP contribution in [0.5, 0.6) is 5.75 Å². The van der Waals surface area contributed by atoms with Crippen LogP contribution in [0.1, 0.15) is 28.8 Å². The van der Waals surface area contributed by atoms with Crippen LogP contribution in [-0.2, 0) is 11.2 Å². The van der Waals surface area contributed by atoms with Crippen LogP contribution in [0.3, 0.4) is 0 Å². The van der Waals surface area contributed by atoms with Crippen LogP contribution in [0, 0.1) is 0 Å². The Morgan fingerprint density at radius 1 is 0.966 bits per heavy atom. The maximum absolute atomic E-state index is 11.4. The van der Waals surface area contributed by atoms with E-state index >= 15 is 0 Å². The van der Waals surface area contributed by atoms with Crippen LogP contribution in [0.4, 0.5) is 0 Å². The molecule has 0 atom stereocenters. The fourth-order valence-electron chi connectivity index (χ4n) is 3.23. The summed E-state index contributed by atoms with van der Waals surface area (Å²) in [6.07, 6.45) is 4.93. The molecule has 0 aliphatic carbocycles. The zero-order chi connectivity index (χ0) is 20.6. The highest BCUT2D eigenvalue weighted by atomic mass is 16.5. The summed E-state index contributed by atoms with van der Waals surface area (Å²) in [4.78, 5) is 16.2. The van der Waals surface area contributed by atoms with E-state index in [9.17, 15) is 4.79 Å². The number of primary amides is 1. The molecule has 0 aliphatic heterocycles. The van der Waals surface area contributed by atoms with E-state index in [0.29, 0.717) is 5.56 Å². The third kappa shape index (κ3) is 5.21. The van der Waals surface area contributed by atoms with E-state index in [-0.39, 0.29) is 0 Å². The summed E-state index contributed by atoms with van der Waals surface area (Å²) >= 11 is 0. The molecule has 150 valence electrons. The van der Waals surface area contributed by atoms with Crippen molar-refractivity contribution in [2.24, 2.45) is 5.73 Å². The number of aromatic nitrogens is 1. The first kappa shape index (κ1) is 20.6.